The van der Waals surface area contributed by atoms with Crippen LogP contribution in [-0.4, -0.2) is 23.0 Å². The second kappa shape index (κ2) is 4.86. The predicted molar refractivity (Wildman–Crippen MR) is 75.4 cm³/mol. The Labute approximate surface area is 114 Å². The van der Waals surface area contributed by atoms with Crippen LogP contribution in [0.1, 0.15) is 59.8 Å². The molecule has 2 nitrogen and oxygen atoms in total. The van der Waals surface area contributed by atoms with Crippen molar-refractivity contribution in [1.82, 2.24) is 0 Å². The summed E-state index contributed by atoms with van der Waals surface area (Å²) in [4.78, 5) is 0. The van der Waals surface area contributed by atoms with Gasteiger partial charge in [0.25, 0.3) is 0 Å². The van der Waals surface area contributed by atoms with E-state index in [2.05, 4.69) is 43.6 Å². The summed E-state index contributed by atoms with van der Waals surface area (Å²) in [6.07, 6.45) is 6.72. The molecule has 1 saturated heterocycles. The van der Waals surface area contributed by atoms with Gasteiger partial charge in [-0.2, -0.15) is 0 Å². The van der Waals surface area contributed by atoms with E-state index in [4.69, 9.17) is 9.31 Å². The van der Waals surface area contributed by atoms with Crippen molar-refractivity contribution in [2.45, 2.75) is 75.7 Å². The van der Waals surface area contributed by atoms with Crippen molar-refractivity contribution in [2.24, 2.45) is 5.92 Å². The summed E-state index contributed by atoms with van der Waals surface area (Å²) in [5, 5.41) is 0. The van der Waals surface area contributed by atoms with Gasteiger partial charge in [-0.15, -0.1) is 0 Å². The average molecular weight is 303 g/mol. The lowest BCUT2D eigenvalue weighted by Gasteiger charge is -2.32. The van der Waals surface area contributed by atoms with Crippen LogP contribution in [0.5, 0.6) is 0 Å². The molecule has 0 N–H and O–H groups in total. The van der Waals surface area contributed by atoms with Crippen LogP contribution >= 0.6 is 15.9 Å². The van der Waals surface area contributed by atoms with E-state index in [9.17, 15) is 0 Å². The molecule has 0 bridgehead atoms. The van der Waals surface area contributed by atoms with Gasteiger partial charge >= 0.3 is 7.12 Å². The SMILES string of the molecule is CC1(C)OB(C(Br)CC2CCCC2)OC1(C)C. The third kappa shape index (κ3) is 2.90. The maximum absolute atomic E-state index is 6.07. The third-order valence-corrected chi connectivity index (χ3v) is 5.41. The van der Waals surface area contributed by atoms with E-state index >= 15 is 0 Å². The Morgan fingerprint density at radius 2 is 1.59 bits per heavy atom. The van der Waals surface area contributed by atoms with Crippen LogP contribution < -0.4 is 0 Å². The molecule has 2 rings (SSSR count). The predicted octanol–water partition coefficient (Wildman–Crippen LogP) is 3.96. The minimum atomic E-state index is -0.209. The fourth-order valence-corrected chi connectivity index (χ4v) is 3.46. The fourth-order valence-electron chi connectivity index (χ4n) is 2.71. The third-order valence-electron chi connectivity index (χ3n) is 4.60. The molecule has 0 amide bonds. The van der Waals surface area contributed by atoms with Gasteiger partial charge < -0.3 is 9.31 Å². The van der Waals surface area contributed by atoms with Crippen molar-refractivity contribution >= 4 is 23.0 Å². The van der Waals surface area contributed by atoms with Crippen molar-refractivity contribution in [3.63, 3.8) is 0 Å². The molecule has 1 aliphatic heterocycles. The van der Waals surface area contributed by atoms with E-state index in [1.807, 2.05) is 0 Å². The highest BCUT2D eigenvalue weighted by atomic mass is 79.9. The van der Waals surface area contributed by atoms with Crippen molar-refractivity contribution in [2.75, 3.05) is 0 Å². The van der Waals surface area contributed by atoms with Crippen molar-refractivity contribution in [3.05, 3.63) is 0 Å². The van der Waals surface area contributed by atoms with Gasteiger partial charge in [-0.25, -0.2) is 0 Å². The smallest absolute Gasteiger partial charge is 0.403 e. The summed E-state index contributed by atoms with van der Waals surface area (Å²) in [5.74, 6) is 0.860. The largest absolute Gasteiger partial charge is 0.472 e. The molecule has 0 aromatic rings. The molecular weight excluding hydrogens is 279 g/mol. The van der Waals surface area contributed by atoms with Crippen molar-refractivity contribution < 1.29 is 9.31 Å². The van der Waals surface area contributed by atoms with Gasteiger partial charge in [-0.05, 0) is 40.0 Å². The lowest BCUT2D eigenvalue weighted by atomic mass is 9.79. The molecule has 2 aliphatic rings. The first-order chi connectivity index (χ1) is 7.82. The van der Waals surface area contributed by atoms with E-state index in [0.29, 0.717) is 4.73 Å². The highest BCUT2D eigenvalue weighted by Gasteiger charge is 2.53. The van der Waals surface area contributed by atoms with Crippen LogP contribution in [0.3, 0.4) is 0 Å². The van der Waals surface area contributed by atoms with Gasteiger partial charge in [-0.1, -0.05) is 41.6 Å². The summed E-state index contributed by atoms with van der Waals surface area (Å²) in [6, 6.07) is 0. The lowest BCUT2D eigenvalue weighted by molar-refractivity contribution is 0.00578. The van der Waals surface area contributed by atoms with Crippen molar-refractivity contribution in [1.29, 1.82) is 0 Å². The molecule has 1 unspecified atom stereocenters. The average Bonchev–Trinajstić information content (AvgIpc) is 2.74. The minimum Gasteiger partial charge on any atom is -0.403 e. The summed E-state index contributed by atoms with van der Waals surface area (Å²) in [5.41, 5.74) is -0.418. The molecular formula is C13H24BBrO2. The molecule has 1 heterocycles. The zero-order valence-electron chi connectivity index (χ0n) is 11.5. The first-order valence-corrected chi connectivity index (χ1v) is 7.73. The van der Waals surface area contributed by atoms with Crippen LogP contribution in [0.15, 0.2) is 0 Å². The highest BCUT2D eigenvalue weighted by Crippen LogP contribution is 2.40. The van der Waals surface area contributed by atoms with E-state index in [-0.39, 0.29) is 18.3 Å². The molecule has 1 aliphatic carbocycles. The molecule has 1 atom stereocenters. The molecule has 17 heavy (non-hydrogen) atoms. The lowest BCUT2D eigenvalue weighted by Crippen LogP contribution is -2.41. The van der Waals surface area contributed by atoms with E-state index < -0.39 is 0 Å². The Morgan fingerprint density at radius 1 is 1.12 bits per heavy atom. The second-order valence-electron chi connectivity index (χ2n) is 6.53. The summed E-state index contributed by atoms with van der Waals surface area (Å²) in [7, 11) is -0.0967. The maximum Gasteiger partial charge on any atom is 0.472 e. The first kappa shape index (κ1) is 13.9. The van der Waals surface area contributed by atoms with Crippen LogP contribution in [0.4, 0.5) is 0 Å². The normalized spacial score (nSPS) is 29.8. The zero-order chi connectivity index (χ0) is 12.7. The van der Waals surface area contributed by atoms with Gasteiger partial charge in [-0.3, -0.25) is 0 Å². The van der Waals surface area contributed by atoms with Crippen LogP contribution in [0.25, 0.3) is 0 Å². The first-order valence-electron chi connectivity index (χ1n) is 6.81. The Hall–Kier alpha value is 0.465. The summed E-state index contributed by atoms with van der Waals surface area (Å²) >= 11 is 3.77. The second-order valence-corrected chi connectivity index (χ2v) is 7.70. The summed E-state index contributed by atoms with van der Waals surface area (Å²) in [6.45, 7) is 8.45. The molecule has 0 radical (unpaired) electrons. The van der Waals surface area contributed by atoms with Gasteiger partial charge in [0.15, 0.2) is 0 Å². The van der Waals surface area contributed by atoms with Crippen LogP contribution in [-0.2, 0) is 9.31 Å². The Bertz CT molecular complexity index is 259. The molecule has 1 saturated carbocycles. The number of hydrogen-bond donors (Lipinski definition) is 0. The molecule has 4 heteroatoms. The Morgan fingerprint density at radius 3 is 2.06 bits per heavy atom. The fraction of sp³-hybridized carbons (Fsp3) is 1.00. The molecule has 0 aromatic heterocycles. The van der Waals surface area contributed by atoms with E-state index in [0.717, 1.165) is 5.92 Å². The van der Waals surface area contributed by atoms with Gasteiger partial charge in [0.1, 0.15) is 0 Å². The topological polar surface area (TPSA) is 18.5 Å². The molecule has 98 valence electrons. The Balaban J connectivity index is 1.91. The molecule has 0 aromatic carbocycles. The van der Waals surface area contributed by atoms with Gasteiger partial charge in [0.05, 0.1) is 15.9 Å². The number of hydrogen-bond acceptors (Lipinski definition) is 2. The number of rotatable bonds is 3. The summed E-state index contributed by atoms with van der Waals surface area (Å²) < 4.78 is 12.5. The van der Waals surface area contributed by atoms with Crippen LogP contribution in [0, 0.1) is 5.92 Å². The zero-order valence-corrected chi connectivity index (χ0v) is 13.0. The standard InChI is InChI=1S/C13H24BBrO2/c1-12(2)13(3,4)17-14(16-12)11(15)9-10-7-5-6-8-10/h10-11H,5-9H2,1-4H3. The van der Waals surface area contributed by atoms with E-state index in [1.54, 1.807) is 0 Å². The van der Waals surface area contributed by atoms with Gasteiger partial charge in [0, 0.05) is 0 Å². The Kier molecular flexibility index (Phi) is 3.97. The van der Waals surface area contributed by atoms with Crippen LogP contribution in [0.2, 0.25) is 0 Å². The highest BCUT2D eigenvalue weighted by molar-refractivity contribution is 9.10. The van der Waals surface area contributed by atoms with Crippen molar-refractivity contribution in [3.8, 4) is 0 Å². The molecule has 2 fully saturated rings. The molecule has 0 spiro atoms. The number of alkyl halides is 1. The van der Waals surface area contributed by atoms with Gasteiger partial charge in [0.2, 0.25) is 0 Å². The van der Waals surface area contributed by atoms with E-state index in [1.165, 1.54) is 32.1 Å². The number of halogens is 1. The minimum absolute atomic E-state index is 0.0967. The maximum atomic E-state index is 6.07. The quantitative estimate of drug-likeness (QED) is 0.580. The monoisotopic (exact) mass is 302 g/mol.